The fraction of sp³-hybridized carbons (Fsp3) is 0.103. The van der Waals surface area contributed by atoms with Crippen LogP contribution < -0.4 is 15.4 Å². The summed E-state index contributed by atoms with van der Waals surface area (Å²) in [6.07, 6.45) is -0.560. The molecule has 4 nitrogen and oxygen atoms in total. The van der Waals surface area contributed by atoms with Crippen LogP contribution in [-0.4, -0.2) is 17.8 Å². The molecular formula is C29H26N2O2. The van der Waals surface area contributed by atoms with Crippen LogP contribution in [-0.2, 0) is 0 Å². The van der Waals surface area contributed by atoms with Gasteiger partial charge in [0.25, 0.3) is 0 Å². The highest BCUT2D eigenvalue weighted by Crippen LogP contribution is 2.38. The average molecular weight is 435 g/mol. The second-order valence-electron chi connectivity index (χ2n) is 8.21. The molecule has 0 heterocycles. The lowest BCUT2D eigenvalue weighted by Gasteiger charge is -2.19. The van der Waals surface area contributed by atoms with E-state index in [1.165, 1.54) is 16.2 Å². The van der Waals surface area contributed by atoms with Gasteiger partial charge in [-0.05, 0) is 64.9 Å². The van der Waals surface area contributed by atoms with E-state index in [4.69, 9.17) is 4.74 Å². The molecular weight excluding hydrogens is 408 g/mol. The Balaban J connectivity index is 1.52. The summed E-state index contributed by atoms with van der Waals surface area (Å²) >= 11 is 0. The number of hydrogen-bond donors (Lipinski definition) is 3. The fourth-order valence-electron chi connectivity index (χ4n) is 3.93. The molecule has 5 aromatic rings. The summed E-state index contributed by atoms with van der Waals surface area (Å²) in [4.78, 5) is 0. The smallest absolute Gasteiger partial charge is 0.145 e. The van der Waals surface area contributed by atoms with Crippen LogP contribution in [0, 0.1) is 0 Å². The zero-order valence-corrected chi connectivity index (χ0v) is 18.5. The van der Waals surface area contributed by atoms with Gasteiger partial charge < -0.3 is 20.5 Å². The Bertz CT molecular complexity index is 1410. The van der Waals surface area contributed by atoms with Crippen molar-refractivity contribution in [2.75, 3.05) is 17.2 Å². The van der Waals surface area contributed by atoms with E-state index in [2.05, 4.69) is 71.3 Å². The Morgan fingerprint density at radius 3 is 1.85 bits per heavy atom. The van der Waals surface area contributed by atoms with Crippen LogP contribution in [0.25, 0.3) is 21.5 Å². The third-order valence-corrected chi connectivity index (χ3v) is 5.55. The molecule has 0 spiro atoms. The van der Waals surface area contributed by atoms with E-state index in [0.717, 1.165) is 28.1 Å². The predicted molar refractivity (Wildman–Crippen MR) is 138 cm³/mol. The zero-order valence-electron chi connectivity index (χ0n) is 18.5. The van der Waals surface area contributed by atoms with Crippen molar-refractivity contribution in [2.24, 2.45) is 0 Å². The van der Waals surface area contributed by atoms with Gasteiger partial charge in [0.15, 0.2) is 0 Å². The number of fused-ring (bicyclic) bond motifs is 2. The molecule has 0 amide bonds. The van der Waals surface area contributed by atoms with Crippen LogP contribution in [0.5, 0.6) is 5.75 Å². The highest BCUT2D eigenvalue weighted by Gasteiger charge is 2.12. The Morgan fingerprint density at radius 1 is 0.667 bits per heavy atom. The monoisotopic (exact) mass is 434 g/mol. The van der Waals surface area contributed by atoms with Gasteiger partial charge in [0, 0.05) is 11.4 Å². The molecule has 5 rings (SSSR count). The molecule has 33 heavy (non-hydrogen) atoms. The third kappa shape index (κ3) is 4.76. The SMILES string of the molecule is CC(O)COc1cccc(Nc2ccc3ccccc3c2)c1Nc1ccc2ccccc2c1. The maximum Gasteiger partial charge on any atom is 0.145 e. The van der Waals surface area contributed by atoms with E-state index >= 15 is 0 Å². The molecule has 0 aromatic heterocycles. The van der Waals surface area contributed by atoms with Gasteiger partial charge in [-0.2, -0.15) is 0 Å². The summed E-state index contributed by atoms with van der Waals surface area (Å²) < 4.78 is 5.95. The number of benzene rings is 5. The normalized spacial score (nSPS) is 11.9. The Labute approximate surface area is 193 Å². The summed E-state index contributed by atoms with van der Waals surface area (Å²) in [5.41, 5.74) is 3.66. The van der Waals surface area contributed by atoms with Crippen LogP contribution in [0.1, 0.15) is 6.92 Å². The minimum atomic E-state index is -0.560. The molecule has 0 saturated heterocycles. The van der Waals surface area contributed by atoms with Gasteiger partial charge in [0.2, 0.25) is 0 Å². The summed E-state index contributed by atoms with van der Waals surface area (Å²) in [5.74, 6) is 0.676. The second-order valence-corrected chi connectivity index (χ2v) is 8.21. The average Bonchev–Trinajstić information content (AvgIpc) is 2.84. The Kier molecular flexibility index (Phi) is 5.83. The summed E-state index contributed by atoms with van der Waals surface area (Å²) in [7, 11) is 0. The van der Waals surface area contributed by atoms with Crippen molar-refractivity contribution in [3.8, 4) is 5.75 Å². The molecule has 164 valence electrons. The molecule has 1 atom stereocenters. The van der Waals surface area contributed by atoms with E-state index in [-0.39, 0.29) is 6.61 Å². The van der Waals surface area contributed by atoms with Crippen molar-refractivity contribution >= 4 is 44.3 Å². The number of aliphatic hydroxyl groups is 1. The highest BCUT2D eigenvalue weighted by molar-refractivity contribution is 5.91. The number of ether oxygens (including phenoxy) is 1. The number of nitrogens with one attached hydrogen (secondary N) is 2. The zero-order chi connectivity index (χ0) is 22.6. The minimum absolute atomic E-state index is 0.214. The van der Waals surface area contributed by atoms with Gasteiger partial charge >= 0.3 is 0 Å². The molecule has 5 aromatic carbocycles. The van der Waals surface area contributed by atoms with Gasteiger partial charge in [-0.3, -0.25) is 0 Å². The van der Waals surface area contributed by atoms with Crippen molar-refractivity contribution < 1.29 is 9.84 Å². The van der Waals surface area contributed by atoms with E-state index in [9.17, 15) is 5.11 Å². The lowest BCUT2D eigenvalue weighted by molar-refractivity contribution is 0.123. The van der Waals surface area contributed by atoms with Crippen LogP contribution >= 0.6 is 0 Å². The van der Waals surface area contributed by atoms with Crippen LogP contribution in [0.3, 0.4) is 0 Å². The van der Waals surface area contributed by atoms with E-state index in [1.807, 2.05) is 42.5 Å². The van der Waals surface area contributed by atoms with E-state index in [1.54, 1.807) is 6.92 Å². The fourth-order valence-corrected chi connectivity index (χ4v) is 3.93. The standard InChI is InChI=1S/C29H26N2O2/c1-20(32)19-33-28-12-6-11-27(30-25-15-13-21-7-2-4-9-23(21)17-25)29(28)31-26-16-14-22-8-3-5-10-24(22)18-26/h2-18,20,30-32H,19H2,1H3. The van der Waals surface area contributed by atoms with Crippen LogP contribution in [0.15, 0.2) is 103 Å². The van der Waals surface area contributed by atoms with E-state index in [0.29, 0.717) is 5.75 Å². The number of aliphatic hydroxyl groups excluding tert-OH is 1. The summed E-state index contributed by atoms with van der Waals surface area (Å²) in [5, 5.41) is 21.6. The van der Waals surface area contributed by atoms with Gasteiger partial charge in [-0.1, -0.05) is 66.7 Å². The molecule has 0 saturated carbocycles. The predicted octanol–water partition coefficient (Wildman–Crippen LogP) is 7.24. The first-order valence-corrected chi connectivity index (χ1v) is 11.1. The molecule has 4 heteroatoms. The van der Waals surface area contributed by atoms with Crippen LogP contribution in [0.2, 0.25) is 0 Å². The number of hydrogen-bond acceptors (Lipinski definition) is 4. The molecule has 0 bridgehead atoms. The molecule has 0 radical (unpaired) electrons. The maximum absolute atomic E-state index is 9.76. The van der Waals surface area contributed by atoms with Crippen molar-refractivity contribution in [1.82, 2.24) is 0 Å². The van der Waals surface area contributed by atoms with Crippen molar-refractivity contribution in [1.29, 1.82) is 0 Å². The van der Waals surface area contributed by atoms with E-state index < -0.39 is 6.10 Å². The van der Waals surface area contributed by atoms with Gasteiger partial charge in [-0.15, -0.1) is 0 Å². The first-order chi connectivity index (χ1) is 16.2. The molecule has 3 N–H and O–H groups in total. The first kappa shape index (κ1) is 20.9. The summed E-state index contributed by atoms with van der Waals surface area (Å²) in [6, 6.07) is 35.1. The van der Waals surface area contributed by atoms with Crippen LogP contribution in [0.4, 0.5) is 22.7 Å². The summed E-state index contributed by atoms with van der Waals surface area (Å²) in [6.45, 7) is 1.93. The molecule has 1 unspecified atom stereocenters. The maximum atomic E-state index is 9.76. The van der Waals surface area contributed by atoms with Crippen molar-refractivity contribution in [3.63, 3.8) is 0 Å². The minimum Gasteiger partial charge on any atom is -0.489 e. The Morgan fingerprint density at radius 2 is 1.24 bits per heavy atom. The number of para-hydroxylation sites is 1. The lowest BCUT2D eigenvalue weighted by Crippen LogP contribution is -2.13. The van der Waals surface area contributed by atoms with Gasteiger partial charge in [-0.25, -0.2) is 0 Å². The lowest BCUT2D eigenvalue weighted by atomic mass is 10.1. The third-order valence-electron chi connectivity index (χ3n) is 5.55. The molecule has 0 aliphatic heterocycles. The second kappa shape index (κ2) is 9.23. The molecule has 0 aliphatic carbocycles. The number of rotatable bonds is 7. The highest BCUT2D eigenvalue weighted by atomic mass is 16.5. The molecule has 0 aliphatic rings. The quantitative estimate of drug-likeness (QED) is 0.253. The van der Waals surface area contributed by atoms with Gasteiger partial charge in [0.1, 0.15) is 18.0 Å². The molecule has 0 fully saturated rings. The Hall–Kier alpha value is -4.02. The number of anilines is 4. The largest absolute Gasteiger partial charge is 0.489 e. The van der Waals surface area contributed by atoms with Gasteiger partial charge in [0.05, 0.1) is 11.8 Å². The van der Waals surface area contributed by atoms with Crippen molar-refractivity contribution in [3.05, 3.63) is 103 Å². The topological polar surface area (TPSA) is 53.5 Å². The first-order valence-electron chi connectivity index (χ1n) is 11.1. The van der Waals surface area contributed by atoms with Crippen molar-refractivity contribution in [2.45, 2.75) is 13.0 Å².